The smallest absolute Gasteiger partial charge is 0.328 e. The zero-order valence-electron chi connectivity index (χ0n) is 12.4. The van der Waals surface area contributed by atoms with Gasteiger partial charge in [0, 0.05) is 29.8 Å². The lowest BCUT2D eigenvalue weighted by molar-refractivity contribution is 0.413. The molecule has 2 atom stereocenters. The molecule has 7 heteroatoms. The molecule has 0 aliphatic heterocycles. The molecule has 122 valence electrons. The van der Waals surface area contributed by atoms with Crippen molar-refractivity contribution < 1.29 is 13.9 Å². The van der Waals surface area contributed by atoms with Gasteiger partial charge in [0.15, 0.2) is 0 Å². The molecule has 0 spiro atoms. The summed E-state index contributed by atoms with van der Waals surface area (Å²) in [5.74, 6) is -1.32. The Hall–Kier alpha value is -2.96. The number of aromatic nitrogens is 3. The molecule has 1 aromatic carbocycles. The van der Waals surface area contributed by atoms with E-state index >= 15 is 0 Å². The van der Waals surface area contributed by atoms with Crippen molar-refractivity contribution in [3.8, 4) is 17.1 Å². The predicted molar refractivity (Wildman–Crippen MR) is 82.7 cm³/mol. The molecule has 1 aliphatic rings. The molecule has 1 saturated carbocycles. The van der Waals surface area contributed by atoms with Gasteiger partial charge in [-0.1, -0.05) is 6.07 Å². The molecule has 2 N–H and O–H groups in total. The van der Waals surface area contributed by atoms with Crippen LogP contribution in [0.5, 0.6) is 5.88 Å². The van der Waals surface area contributed by atoms with Crippen LogP contribution in [0.3, 0.4) is 0 Å². The summed E-state index contributed by atoms with van der Waals surface area (Å²) in [6.07, 6.45) is 3.60. The average molecular weight is 329 g/mol. The lowest BCUT2D eigenvalue weighted by Crippen LogP contribution is -2.15. The van der Waals surface area contributed by atoms with Gasteiger partial charge in [-0.05, 0) is 30.2 Å². The Kier molecular flexibility index (Phi) is 3.23. The minimum absolute atomic E-state index is 0.0732. The first-order chi connectivity index (χ1) is 11.5. The summed E-state index contributed by atoms with van der Waals surface area (Å²) >= 11 is 0. The Morgan fingerprint density at radius 1 is 1.25 bits per heavy atom. The van der Waals surface area contributed by atoms with Crippen LogP contribution in [0, 0.1) is 11.6 Å². The van der Waals surface area contributed by atoms with Gasteiger partial charge in [-0.2, -0.15) is 0 Å². The molecule has 2 heterocycles. The maximum Gasteiger partial charge on any atom is 0.328 e. The fraction of sp³-hybridized carbons (Fsp3) is 0.176. The Labute approximate surface area is 135 Å². The molecule has 4 rings (SSSR count). The van der Waals surface area contributed by atoms with Gasteiger partial charge in [0.25, 0.3) is 0 Å². The van der Waals surface area contributed by atoms with Gasteiger partial charge in [-0.15, -0.1) is 0 Å². The molecule has 0 unspecified atom stereocenters. The number of rotatable bonds is 3. The highest BCUT2D eigenvalue weighted by Crippen LogP contribution is 2.51. The van der Waals surface area contributed by atoms with E-state index in [2.05, 4.69) is 9.97 Å². The zero-order valence-corrected chi connectivity index (χ0v) is 12.4. The molecule has 5 nitrogen and oxygen atoms in total. The van der Waals surface area contributed by atoms with Crippen molar-refractivity contribution in [2.45, 2.75) is 18.4 Å². The highest BCUT2D eigenvalue weighted by Gasteiger charge is 2.42. The Morgan fingerprint density at radius 2 is 2.08 bits per heavy atom. The predicted octanol–water partition coefficient (Wildman–Crippen LogP) is 2.95. The van der Waals surface area contributed by atoms with Crippen LogP contribution in [-0.4, -0.2) is 19.6 Å². The van der Waals surface area contributed by atoms with Crippen LogP contribution in [0.15, 0.2) is 47.5 Å². The summed E-state index contributed by atoms with van der Waals surface area (Å²) < 4.78 is 28.1. The van der Waals surface area contributed by atoms with Crippen LogP contribution in [-0.2, 0) is 0 Å². The number of halogens is 2. The standard InChI is InChI=1S/C17H13F2N3O2/c18-10-2-3-11(13(19)5-10)14-4-1-9(7-20-14)12-6-15(12)22-16(23)8-21-17(22)24/h1-5,7-8,12,15,23H,6H2,(H,21,24)/t12-,15+/m0/s1. The Bertz CT molecular complexity index is 963. The number of H-pyrrole nitrogens is 1. The maximum absolute atomic E-state index is 13.8. The highest BCUT2D eigenvalue weighted by atomic mass is 19.1. The fourth-order valence-corrected chi connectivity index (χ4v) is 3.00. The van der Waals surface area contributed by atoms with Gasteiger partial charge in [0.05, 0.1) is 11.9 Å². The molecule has 1 aliphatic carbocycles. The first-order valence-corrected chi connectivity index (χ1v) is 7.45. The molecule has 3 aromatic rings. The number of nitrogens with one attached hydrogen (secondary N) is 1. The summed E-state index contributed by atoms with van der Waals surface area (Å²) in [6.45, 7) is 0. The topological polar surface area (TPSA) is 70.9 Å². The molecule has 1 fully saturated rings. The number of pyridine rings is 1. The van der Waals surface area contributed by atoms with E-state index in [0.29, 0.717) is 5.69 Å². The van der Waals surface area contributed by atoms with Gasteiger partial charge >= 0.3 is 5.69 Å². The number of hydrogen-bond acceptors (Lipinski definition) is 3. The van der Waals surface area contributed by atoms with Crippen molar-refractivity contribution in [3.63, 3.8) is 0 Å². The molecule has 2 aromatic heterocycles. The number of aromatic amines is 1. The van der Waals surface area contributed by atoms with E-state index in [1.165, 1.54) is 22.9 Å². The van der Waals surface area contributed by atoms with Crippen LogP contribution < -0.4 is 5.69 Å². The van der Waals surface area contributed by atoms with E-state index in [-0.39, 0.29) is 29.1 Å². The third-order valence-electron chi connectivity index (χ3n) is 4.30. The van der Waals surface area contributed by atoms with Gasteiger partial charge in [0.2, 0.25) is 5.88 Å². The first-order valence-electron chi connectivity index (χ1n) is 7.45. The number of imidazole rings is 1. The van der Waals surface area contributed by atoms with Gasteiger partial charge in [-0.25, -0.2) is 13.6 Å². The van der Waals surface area contributed by atoms with Crippen molar-refractivity contribution in [1.82, 2.24) is 14.5 Å². The van der Waals surface area contributed by atoms with Crippen molar-refractivity contribution in [2.75, 3.05) is 0 Å². The Balaban J connectivity index is 1.58. The van der Waals surface area contributed by atoms with Crippen LogP contribution in [0.4, 0.5) is 8.78 Å². The largest absolute Gasteiger partial charge is 0.493 e. The second-order valence-electron chi connectivity index (χ2n) is 5.83. The Morgan fingerprint density at radius 3 is 2.71 bits per heavy atom. The number of benzene rings is 1. The molecule has 0 radical (unpaired) electrons. The quantitative estimate of drug-likeness (QED) is 0.776. The van der Waals surface area contributed by atoms with Crippen molar-refractivity contribution >= 4 is 0 Å². The van der Waals surface area contributed by atoms with E-state index in [0.717, 1.165) is 18.1 Å². The van der Waals surface area contributed by atoms with Crippen molar-refractivity contribution in [2.24, 2.45) is 0 Å². The van der Waals surface area contributed by atoms with E-state index in [1.807, 2.05) is 6.07 Å². The fourth-order valence-electron chi connectivity index (χ4n) is 3.00. The minimum atomic E-state index is -0.664. The lowest BCUT2D eigenvalue weighted by Gasteiger charge is -2.05. The SMILES string of the molecule is O=c1[nH]cc(O)n1[C@@H]1C[C@H]1c1ccc(-c2ccc(F)cc2F)nc1. The van der Waals surface area contributed by atoms with Gasteiger partial charge in [-0.3, -0.25) is 9.55 Å². The third kappa shape index (κ3) is 2.38. The van der Waals surface area contributed by atoms with E-state index in [4.69, 9.17) is 0 Å². The summed E-state index contributed by atoms with van der Waals surface area (Å²) in [5, 5.41) is 9.70. The second-order valence-corrected chi connectivity index (χ2v) is 5.83. The summed E-state index contributed by atoms with van der Waals surface area (Å²) in [6, 6.07) is 6.73. The molecule has 0 saturated heterocycles. The van der Waals surface area contributed by atoms with Crippen LogP contribution in [0.25, 0.3) is 11.3 Å². The first kappa shape index (κ1) is 14.6. The normalized spacial score (nSPS) is 19.4. The lowest BCUT2D eigenvalue weighted by atomic mass is 10.1. The zero-order chi connectivity index (χ0) is 16.8. The van der Waals surface area contributed by atoms with Crippen molar-refractivity contribution in [1.29, 1.82) is 0 Å². The summed E-state index contributed by atoms with van der Waals surface area (Å²) in [5.41, 5.74) is 1.20. The average Bonchev–Trinajstić information content (AvgIpc) is 3.26. The van der Waals surface area contributed by atoms with E-state index in [1.54, 1.807) is 12.3 Å². The number of nitrogens with zero attached hydrogens (tertiary/aromatic N) is 2. The summed E-state index contributed by atoms with van der Waals surface area (Å²) in [7, 11) is 0. The van der Waals surface area contributed by atoms with E-state index in [9.17, 15) is 18.7 Å². The van der Waals surface area contributed by atoms with Gasteiger partial charge in [0.1, 0.15) is 11.6 Å². The van der Waals surface area contributed by atoms with Crippen LogP contribution >= 0.6 is 0 Å². The van der Waals surface area contributed by atoms with Crippen LogP contribution in [0.2, 0.25) is 0 Å². The maximum atomic E-state index is 13.8. The molecule has 0 bridgehead atoms. The minimum Gasteiger partial charge on any atom is -0.493 e. The van der Waals surface area contributed by atoms with E-state index < -0.39 is 11.6 Å². The molecular weight excluding hydrogens is 316 g/mol. The van der Waals surface area contributed by atoms with Gasteiger partial charge < -0.3 is 10.1 Å². The molecule has 24 heavy (non-hydrogen) atoms. The number of aromatic hydroxyl groups is 1. The van der Waals surface area contributed by atoms with Crippen LogP contribution in [0.1, 0.15) is 23.9 Å². The number of hydrogen-bond donors (Lipinski definition) is 2. The highest BCUT2D eigenvalue weighted by molar-refractivity contribution is 5.60. The molecular formula is C17H13F2N3O2. The third-order valence-corrected chi connectivity index (χ3v) is 4.30. The van der Waals surface area contributed by atoms with Crippen molar-refractivity contribution in [3.05, 3.63) is 70.4 Å². The molecule has 0 amide bonds. The summed E-state index contributed by atoms with van der Waals surface area (Å²) in [4.78, 5) is 18.3. The second kappa shape index (κ2) is 5.30. The monoisotopic (exact) mass is 329 g/mol.